The number of ether oxygens (including phenoxy) is 1. The molecular formula is C26H30N4O3. The van der Waals surface area contributed by atoms with Crippen molar-refractivity contribution in [1.29, 1.82) is 0 Å². The summed E-state index contributed by atoms with van der Waals surface area (Å²) in [6.45, 7) is 2.57. The van der Waals surface area contributed by atoms with Gasteiger partial charge in [0.2, 0.25) is 0 Å². The van der Waals surface area contributed by atoms with Gasteiger partial charge >= 0.3 is 0 Å². The van der Waals surface area contributed by atoms with Crippen molar-refractivity contribution in [1.82, 2.24) is 20.1 Å². The number of likely N-dealkylation sites (tertiary alicyclic amines) is 1. The lowest BCUT2D eigenvalue weighted by molar-refractivity contribution is 0.0640. The average Bonchev–Trinajstić information content (AvgIpc) is 2.87. The molecule has 7 heteroatoms. The summed E-state index contributed by atoms with van der Waals surface area (Å²) in [5.41, 5.74) is 2.57. The van der Waals surface area contributed by atoms with Crippen LogP contribution in [0.25, 0.3) is 10.9 Å². The van der Waals surface area contributed by atoms with Crippen LogP contribution in [0.2, 0.25) is 0 Å². The van der Waals surface area contributed by atoms with Gasteiger partial charge in [-0.25, -0.2) is 0 Å². The van der Waals surface area contributed by atoms with Crippen molar-refractivity contribution in [2.45, 2.75) is 25.4 Å². The average molecular weight is 447 g/mol. The normalized spacial score (nSPS) is 19.6. The van der Waals surface area contributed by atoms with Crippen LogP contribution in [0.5, 0.6) is 5.75 Å². The van der Waals surface area contributed by atoms with Gasteiger partial charge in [-0.15, -0.1) is 0 Å². The number of aliphatic hydroxyl groups excluding tert-OH is 2. The smallest absolute Gasteiger partial charge is 0.119 e. The molecule has 3 atom stereocenters. The second-order valence-corrected chi connectivity index (χ2v) is 8.54. The van der Waals surface area contributed by atoms with E-state index in [0.29, 0.717) is 18.9 Å². The van der Waals surface area contributed by atoms with E-state index < -0.39 is 6.10 Å². The minimum atomic E-state index is -0.584. The van der Waals surface area contributed by atoms with Gasteiger partial charge in [-0.05, 0) is 73.5 Å². The van der Waals surface area contributed by atoms with Crippen LogP contribution >= 0.6 is 0 Å². The van der Waals surface area contributed by atoms with Crippen LogP contribution in [0.15, 0.2) is 48.9 Å². The Balaban J connectivity index is 1.34. The summed E-state index contributed by atoms with van der Waals surface area (Å²) < 4.78 is 5.35. The minimum Gasteiger partial charge on any atom is -0.497 e. The molecule has 0 radical (unpaired) electrons. The minimum absolute atomic E-state index is 0.147. The molecule has 1 saturated heterocycles. The second-order valence-electron chi connectivity index (χ2n) is 8.54. The molecule has 1 aliphatic heterocycles. The highest BCUT2D eigenvalue weighted by Gasteiger charge is 2.29. The Kier molecular flexibility index (Phi) is 7.84. The number of hydrogen-bond acceptors (Lipinski definition) is 7. The molecule has 2 N–H and O–H groups in total. The molecule has 3 aromatic rings. The standard InChI is InChI=1S/C26H30N4O3/c1-33-22-5-6-25-24(15-22)23(9-11-27-25)26(32)7-4-20-10-14-30(17-21(20)18-31)13-2-3-19-8-12-28-29-16-19/h5-6,8-9,11-12,15-16,20-21,26,31-32H,4,7,10,13-14,17-18H2,1H3/t20-,21-,26?/m1/s1. The number of aliphatic hydroxyl groups is 2. The summed E-state index contributed by atoms with van der Waals surface area (Å²) in [7, 11) is 1.64. The quantitative estimate of drug-likeness (QED) is 0.539. The molecule has 172 valence electrons. The third kappa shape index (κ3) is 5.85. The lowest BCUT2D eigenvalue weighted by Gasteiger charge is -2.37. The van der Waals surface area contributed by atoms with E-state index >= 15 is 0 Å². The van der Waals surface area contributed by atoms with Crippen molar-refractivity contribution in [2.75, 3.05) is 33.4 Å². The highest BCUT2D eigenvalue weighted by molar-refractivity contribution is 5.83. The molecule has 0 saturated carbocycles. The van der Waals surface area contributed by atoms with E-state index in [1.165, 1.54) is 0 Å². The Morgan fingerprint density at radius 3 is 2.88 bits per heavy atom. The number of aromatic nitrogens is 3. The molecule has 2 aromatic heterocycles. The molecule has 0 bridgehead atoms. The van der Waals surface area contributed by atoms with E-state index in [2.05, 4.69) is 31.9 Å². The van der Waals surface area contributed by atoms with Crippen molar-refractivity contribution >= 4 is 10.9 Å². The molecule has 7 nitrogen and oxygen atoms in total. The van der Waals surface area contributed by atoms with Gasteiger partial charge in [0.1, 0.15) is 5.75 Å². The number of methoxy groups -OCH3 is 1. The lowest BCUT2D eigenvalue weighted by Crippen LogP contribution is -2.42. The van der Waals surface area contributed by atoms with Crippen molar-refractivity contribution in [3.8, 4) is 17.6 Å². The SMILES string of the molecule is COc1ccc2nccc(C(O)CC[C@@H]3CCN(CC#Cc4ccnnc4)C[C@@H]3CO)c2c1. The number of hydrogen-bond donors (Lipinski definition) is 2. The molecule has 1 unspecified atom stereocenters. The molecule has 33 heavy (non-hydrogen) atoms. The third-order valence-electron chi connectivity index (χ3n) is 6.48. The molecule has 0 spiro atoms. The lowest BCUT2D eigenvalue weighted by atomic mass is 9.81. The van der Waals surface area contributed by atoms with Crippen LogP contribution in [0.3, 0.4) is 0 Å². The van der Waals surface area contributed by atoms with E-state index in [1.54, 1.807) is 25.7 Å². The number of nitrogens with zero attached hydrogens (tertiary/aromatic N) is 4. The first-order valence-corrected chi connectivity index (χ1v) is 11.4. The summed E-state index contributed by atoms with van der Waals surface area (Å²) in [6, 6.07) is 9.45. The van der Waals surface area contributed by atoms with Gasteiger partial charge in [-0.2, -0.15) is 10.2 Å². The molecular weight excluding hydrogens is 416 g/mol. The van der Waals surface area contributed by atoms with Crippen molar-refractivity contribution in [3.63, 3.8) is 0 Å². The van der Waals surface area contributed by atoms with Crippen molar-refractivity contribution in [3.05, 3.63) is 60.0 Å². The number of piperidine rings is 1. The second kappa shape index (κ2) is 11.2. The van der Waals surface area contributed by atoms with Crippen molar-refractivity contribution in [2.24, 2.45) is 11.8 Å². The maximum atomic E-state index is 11.0. The van der Waals surface area contributed by atoms with Crippen LogP contribution in [0.1, 0.15) is 36.5 Å². The van der Waals surface area contributed by atoms with Gasteiger partial charge in [-0.1, -0.05) is 11.8 Å². The van der Waals surface area contributed by atoms with Gasteiger partial charge in [-0.3, -0.25) is 9.88 Å². The fraction of sp³-hybridized carbons (Fsp3) is 0.423. The highest BCUT2D eigenvalue weighted by Crippen LogP contribution is 2.33. The summed E-state index contributed by atoms with van der Waals surface area (Å²) >= 11 is 0. The number of rotatable bonds is 7. The molecule has 1 fully saturated rings. The number of benzene rings is 1. The first-order chi connectivity index (χ1) is 16.2. The fourth-order valence-corrected chi connectivity index (χ4v) is 4.60. The maximum Gasteiger partial charge on any atom is 0.119 e. The van der Waals surface area contributed by atoms with Gasteiger partial charge in [0.25, 0.3) is 0 Å². The summed E-state index contributed by atoms with van der Waals surface area (Å²) in [6.07, 6.45) is 6.95. The van der Waals surface area contributed by atoms with Crippen molar-refractivity contribution < 1.29 is 14.9 Å². The monoisotopic (exact) mass is 446 g/mol. The molecule has 1 aromatic carbocycles. The zero-order valence-corrected chi connectivity index (χ0v) is 18.9. The van der Waals surface area contributed by atoms with E-state index in [9.17, 15) is 10.2 Å². The molecule has 4 rings (SSSR count). The zero-order valence-electron chi connectivity index (χ0n) is 18.9. The topological polar surface area (TPSA) is 91.6 Å². The summed E-state index contributed by atoms with van der Waals surface area (Å²) in [4.78, 5) is 6.69. The van der Waals surface area contributed by atoms with Gasteiger partial charge < -0.3 is 14.9 Å². The Hall–Kier alpha value is -3.05. The predicted octanol–water partition coefficient (Wildman–Crippen LogP) is 2.83. The highest BCUT2D eigenvalue weighted by atomic mass is 16.5. The molecule has 1 aliphatic rings. The van der Waals surface area contributed by atoms with E-state index in [-0.39, 0.29) is 12.5 Å². The van der Waals surface area contributed by atoms with Crippen LogP contribution in [-0.4, -0.2) is 63.6 Å². The van der Waals surface area contributed by atoms with E-state index in [0.717, 1.165) is 53.7 Å². The van der Waals surface area contributed by atoms with Crippen LogP contribution in [0, 0.1) is 23.7 Å². The van der Waals surface area contributed by atoms with E-state index in [1.807, 2.05) is 30.3 Å². The summed E-state index contributed by atoms with van der Waals surface area (Å²) in [5, 5.41) is 29.5. The van der Waals surface area contributed by atoms with E-state index in [4.69, 9.17) is 4.74 Å². The van der Waals surface area contributed by atoms with Crippen LogP contribution in [-0.2, 0) is 0 Å². The predicted molar refractivity (Wildman–Crippen MR) is 127 cm³/mol. The Morgan fingerprint density at radius 1 is 1.18 bits per heavy atom. The van der Waals surface area contributed by atoms with Crippen LogP contribution in [0.4, 0.5) is 0 Å². The third-order valence-corrected chi connectivity index (χ3v) is 6.48. The molecule has 0 aliphatic carbocycles. The Labute approximate surface area is 194 Å². The number of fused-ring (bicyclic) bond motifs is 1. The first-order valence-electron chi connectivity index (χ1n) is 11.4. The number of pyridine rings is 1. The Morgan fingerprint density at radius 2 is 2.09 bits per heavy atom. The van der Waals surface area contributed by atoms with Gasteiger partial charge in [0.05, 0.1) is 37.7 Å². The Bertz CT molecular complexity index is 1110. The maximum absolute atomic E-state index is 11.0. The first kappa shape index (κ1) is 23.1. The fourth-order valence-electron chi connectivity index (χ4n) is 4.60. The van der Waals surface area contributed by atoms with Gasteiger partial charge in [0.15, 0.2) is 0 Å². The zero-order chi connectivity index (χ0) is 23.0. The molecule has 0 amide bonds. The summed E-state index contributed by atoms with van der Waals surface area (Å²) in [5.74, 6) is 7.62. The largest absolute Gasteiger partial charge is 0.497 e. The molecule has 3 heterocycles. The van der Waals surface area contributed by atoms with Gasteiger partial charge in [0, 0.05) is 30.3 Å². The van der Waals surface area contributed by atoms with Crippen LogP contribution < -0.4 is 4.74 Å².